The van der Waals surface area contributed by atoms with Gasteiger partial charge in [0.15, 0.2) is 0 Å². The third-order valence-electron chi connectivity index (χ3n) is 2.19. The topological polar surface area (TPSA) is 55.5 Å². The van der Waals surface area contributed by atoms with Gasteiger partial charge in [0.2, 0.25) is 0 Å². The third-order valence-corrected chi connectivity index (χ3v) is 2.19. The second-order valence-electron chi connectivity index (χ2n) is 3.59. The van der Waals surface area contributed by atoms with E-state index in [1.807, 2.05) is 26.0 Å². The summed E-state index contributed by atoms with van der Waals surface area (Å²) in [5.41, 5.74) is 7.32. The zero-order chi connectivity index (χ0) is 10.7. The van der Waals surface area contributed by atoms with Gasteiger partial charge < -0.3 is 15.6 Å². The summed E-state index contributed by atoms with van der Waals surface area (Å²) in [5.74, 6) is 0.771. The Bertz CT molecular complexity index is 310. The summed E-state index contributed by atoms with van der Waals surface area (Å²) in [6.45, 7) is 5.47. The lowest BCUT2D eigenvalue weighted by Crippen LogP contribution is -2.25. The van der Waals surface area contributed by atoms with Crippen LogP contribution in [0, 0.1) is 6.92 Å². The van der Waals surface area contributed by atoms with E-state index in [0.29, 0.717) is 0 Å². The van der Waals surface area contributed by atoms with E-state index in [1.54, 1.807) is 13.0 Å². The number of benzene rings is 1. The molecule has 1 aromatic carbocycles. The number of aliphatic hydroxyl groups is 1. The molecule has 2 unspecified atom stereocenters. The number of aliphatic hydroxyl groups excluding tert-OH is 1. The summed E-state index contributed by atoms with van der Waals surface area (Å²) in [7, 11) is 0. The second-order valence-corrected chi connectivity index (χ2v) is 3.59. The normalized spacial score (nSPS) is 14.9. The molecule has 2 atom stereocenters. The summed E-state index contributed by atoms with van der Waals surface area (Å²) >= 11 is 0. The van der Waals surface area contributed by atoms with Gasteiger partial charge in [0.1, 0.15) is 11.9 Å². The summed E-state index contributed by atoms with van der Waals surface area (Å²) in [5, 5.41) is 9.28. The van der Waals surface area contributed by atoms with Crippen LogP contribution in [0.5, 0.6) is 5.75 Å². The molecule has 0 saturated carbocycles. The minimum absolute atomic E-state index is 0.211. The Balaban J connectivity index is 2.77. The molecule has 0 heterocycles. The van der Waals surface area contributed by atoms with Crippen LogP contribution in [0.2, 0.25) is 0 Å². The molecule has 14 heavy (non-hydrogen) atoms. The van der Waals surface area contributed by atoms with Gasteiger partial charge in [0.05, 0.1) is 6.10 Å². The van der Waals surface area contributed by atoms with Gasteiger partial charge in [-0.25, -0.2) is 0 Å². The van der Waals surface area contributed by atoms with Crippen LogP contribution in [-0.2, 0) is 0 Å². The maximum absolute atomic E-state index is 9.28. The molecular weight excluding hydrogens is 178 g/mol. The predicted octanol–water partition coefficient (Wildman–Crippen LogP) is 1.73. The maximum atomic E-state index is 9.28. The molecule has 0 aliphatic heterocycles. The maximum Gasteiger partial charge on any atom is 0.122 e. The predicted molar refractivity (Wildman–Crippen MR) is 57.4 cm³/mol. The van der Waals surface area contributed by atoms with Crippen molar-refractivity contribution in [2.75, 3.05) is 5.73 Å². The van der Waals surface area contributed by atoms with E-state index in [-0.39, 0.29) is 6.10 Å². The van der Waals surface area contributed by atoms with Crippen molar-refractivity contribution < 1.29 is 9.84 Å². The van der Waals surface area contributed by atoms with Crippen LogP contribution < -0.4 is 10.5 Å². The number of hydrogen-bond acceptors (Lipinski definition) is 3. The molecule has 3 N–H and O–H groups in total. The first-order valence-corrected chi connectivity index (χ1v) is 4.71. The molecule has 0 saturated heterocycles. The molecule has 0 fully saturated rings. The van der Waals surface area contributed by atoms with Gasteiger partial charge in [-0.05, 0) is 44.5 Å². The smallest absolute Gasteiger partial charge is 0.122 e. The van der Waals surface area contributed by atoms with E-state index >= 15 is 0 Å². The zero-order valence-electron chi connectivity index (χ0n) is 8.82. The van der Waals surface area contributed by atoms with Crippen LogP contribution in [0.3, 0.4) is 0 Å². The first-order chi connectivity index (χ1) is 6.50. The average molecular weight is 195 g/mol. The molecule has 1 rings (SSSR count). The standard InChI is InChI=1S/C11H17NO2/c1-7-6-10(12)4-5-11(7)14-9(3)8(2)13/h4-6,8-9,13H,12H2,1-3H3. The van der Waals surface area contributed by atoms with E-state index in [9.17, 15) is 5.11 Å². The van der Waals surface area contributed by atoms with Crippen molar-refractivity contribution >= 4 is 5.69 Å². The van der Waals surface area contributed by atoms with Gasteiger partial charge in [-0.15, -0.1) is 0 Å². The van der Waals surface area contributed by atoms with E-state index in [2.05, 4.69) is 0 Å². The van der Waals surface area contributed by atoms with Crippen molar-refractivity contribution in [2.45, 2.75) is 33.0 Å². The Morgan fingerprint density at radius 3 is 2.50 bits per heavy atom. The lowest BCUT2D eigenvalue weighted by Gasteiger charge is -2.18. The highest BCUT2D eigenvalue weighted by molar-refractivity contribution is 5.47. The van der Waals surface area contributed by atoms with Crippen molar-refractivity contribution in [3.63, 3.8) is 0 Å². The molecule has 0 radical (unpaired) electrons. The Labute approximate surface area is 84.5 Å². The fourth-order valence-corrected chi connectivity index (χ4v) is 1.10. The summed E-state index contributed by atoms with van der Waals surface area (Å²) in [6, 6.07) is 5.46. The first kappa shape index (κ1) is 10.9. The highest BCUT2D eigenvalue weighted by atomic mass is 16.5. The first-order valence-electron chi connectivity index (χ1n) is 4.71. The van der Waals surface area contributed by atoms with E-state index in [1.165, 1.54) is 0 Å². The van der Waals surface area contributed by atoms with Crippen molar-refractivity contribution in [1.29, 1.82) is 0 Å². The Morgan fingerprint density at radius 1 is 1.36 bits per heavy atom. The van der Waals surface area contributed by atoms with Crippen LogP contribution in [-0.4, -0.2) is 17.3 Å². The lowest BCUT2D eigenvalue weighted by atomic mass is 10.2. The molecule has 0 aliphatic carbocycles. The largest absolute Gasteiger partial charge is 0.488 e. The van der Waals surface area contributed by atoms with Crippen LogP contribution in [0.4, 0.5) is 5.69 Å². The fourth-order valence-electron chi connectivity index (χ4n) is 1.10. The van der Waals surface area contributed by atoms with Gasteiger partial charge in [-0.3, -0.25) is 0 Å². The number of aryl methyl sites for hydroxylation is 1. The Morgan fingerprint density at radius 2 is 2.00 bits per heavy atom. The van der Waals surface area contributed by atoms with Gasteiger partial charge >= 0.3 is 0 Å². The number of rotatable bonds is 3. The minimum atomic E-state index is -0.480. The zero-order valence-corrected chi connectivity index (χ0v) is 8.82. The molecule has 0 aliphatic rings. The highest BCUT2D eigenvalue weighted by Gasteiger charge is 2.11. The summed E-state index contributed by atoms with van der Waals surface area (Å²) in [6.07, 6.45) is -0.690. The molecule has 0 bridgehead atoms. The van der Waals surface area contributed by atoms with Crippen molar-refractivity contribution in [1.82, 2.24) is 0 Å². The van der Waals surface area contributed by atoms with Gasteiger partial charge in [0, 0.05) is 5.69 Å². The Hall–Kier alpha value is -1.22. The fraction of sp³-hybridized carbons (Fsp3) is 0.455. The van der Waals surface area contributed by atoms with E-state index < -0.39 is 6.10 Å². The second kappa shape index (κ2) is 4.33. The molecule has 1 aromatic rings. The molecule has 3 heteroatoms. The van der Waals surface area contributed by atoms with Crippen molar-refractivity contribution in [2.24, 2.45) is 0 Å². The molecule has 78 valence electrons. The SMILES string of the molecule is Cc1cc(N)ccc1OC(C)C(C)O. The molecule has 0 spiro atoms. The minimum Gasteiger partial charge on any atom is -0.488 e. The van der Waals surface area contributed by atoms with Crippen molar-refractivity contribution in [3.05, 3.63) is 23.8 Å². The highest BCUT2D eigenvalue weighted by Crippen LogP contribution is 2.21. The Kier molecular flexibility index (Phi) is 3.36. The molecular formula is C11H17NO2. The number of anilines is 1. The summed E-state index contributed by atoms with van der Waals surface area (Å²) < 4.78 is 5.56. The van der Waals surface area contributed by atoms with Gasteiger partial charge in [0.25, 0.3) is 0 Å². The number of hydrogen-bond donors (Lipinski definition) is 2. The quantitative estimate of drug-likeness (QED) is 0.722. The van der Waals surface area contributed by atoms with E-state index in [0.717, 1.165) is 17.0 Å². The molecule has 0 amide bonds. The third kappa shape index (κ3) is 2.64. The average Bonchev–Trinajstić information content (AvgIpc) is 2.09. The molecule has 0 aromatic heterocycles. The van der Waals surface area contributed by atoms with Crippen LogP contribution in [0.1, 0.15) is 19.4 Å². The summed E-state index contributed by atoms with van der Waals surface area (Å²) in [4.78, 5) is 0. The van der Waals surface area contributed by atoms with E-state index in [4.69, 9.17) is 10.5 Å². The monoisotopic (exact) mass is 195 g/mol. The molecule has 3 nitrogen and oxygen atoms in total. The van der Waals surface area contributed by atoms with Gasteiger partial charge in [-0.1, -0.05) is 0 Å². The number of ether oxygens (including phenoxy) is 1. The van der Waals surface area contributed by atoms with Gasteiger partial charge in [-0.2, -0.15) is 0 Å². The van der Waals surface area contributed by atoms with Crippen LogP contribution >= 0.6 is 0 Å². The van der Waals surface area contributed by atoms with Crippen molar-refractivity contribution in [3.8, 4) is 5.75 Å². The number of nitrogens with two attached hydrogens (primary N) is 1. The van der Waals surface area contributed by atoms with Crippen LogP contribution in [0.15, 0.2) is 18.2 Å². The lowest BCUT2D eigenvalue weighted by molar-refractivity contribution is 0.0600. The van der Waals surface area contributed by atoms with Crippen LogP contribution in [0.25, 0.3) is 0 Å². The number of nitrogen functional groups attached to an aromatic ring is 1.